The molecule has 1 rings (SSSR count). The quantitative estimate of drug-likeness (QED) is 0.276. The minimum atomic E-state index is -0.896. The number of hydrazine groups is 2. The molecule has 0 aromatic carbocycles. The van der Waals surface area contributed by atoms with Crippen LogP contribution in [-0.4, -0.2) is 17.0 Å². The van der Waals surface area contributed by atoms with Crippen molar-refractivity contribution >= 4 is 23.6 Å². The molecule has 1 heterocycles. The number of anilines is 2. The van der Waals surface area contributed by atoms with E-state index in [1.165, 1.54) is 18.3 Å². The van der Waals surface area contributed by atoms with Gasteiger partial charge >= 0.3 is 12.1 Å². The number of carbonyl (C=O) groups excluding carboxylic acids is 2. The number of nitrogens with zero attached hydrogens (tertiary/aromatic N) is 3. The van der Waals surface area contributed by atoms with Crippen molar-refractivity contribution in [3.8, 4) is 0 Å². The van der Waals surface area contributed by atoms with E-state index in [1.807, 2.05) is 0 Å². The molecule has 9 nitrogen and oxygen atoms in total. The number of rotatable bonds is 2. The number of hydrogen-bond donors (Lipinski definition) is 4. The van der Waals surface area contributed by atoms with Crippen molar-refractivity contribution in [3.05, 3.63) is 18.3 Å². The standard InChI is InChI=1S/C7H11N7O2/c8-6(15)13(10)4-1-2-12-5(3-4)14(11)7(9)16/h1-3H,10-11H2,(H2,8,15)(H2,9,16). The largest absolute Gasteiger partial charge is 0.350 e. The number of nitrogens with two attached hydrogens (primary N) is 4. The summed E-state index contributed by atoms with van der Waals surface area (Å²) in [5.74, 6) is 10.7. The van der Waals surface area contributed by atoms with Crippen LogP contribution in [-0.2, 0) is 0 Å². The third-order valence-corrected chi connectivity index (χ3v) is 1.73. The maximum Gasteiger partial charge on any atom is 0.335 e. The molecule has 9 heteroatoms. The molecule has 8 N–H and O–H groups in total. The SMILES string of the molecule is NC(=O)N(N)c1ccnc(N(N)C(N)=O)c1. The van der Waals surface area contributed by atoms with Gasteiger partial charge < -0.3 is 11.5 Å². The molecule has 0 bridgehead atoms. The van der Waals surface area contributed by atoms with Gasteiger partial charge in [0.15, 0.2) is 5.82 Å². The van der Waals surface area contributed by atoms with Crippen LogP contribution in [0.1, 0.15) is 0 Å². The highest BCUT2D eigenvalue weighted by atomic mass is 16.2. The first-order chi connectivity index (χ1) is 7.43. The lowest BCUT2D eigenvalue weighted by atomic mass is 10.3. The van der Waals surface area contributed by atoms with E-state index < -0.39 is 12.1 Å². The van der Waals surface area contributed by atoms with Gasteiger partial charge in [0.25, 0.3) is 0 Å². The molecule has 4 amide bonds. The van der Waals surface area contributed by atoms with E-state index in [4.69, 9.17) is 23.2 Å². The van der Waals surface area contributed by atoms with E-state index in [0.717, 1.165) is 0 Å². The molecule has 1 aromatic rings. The number of pyridine rings is 1. The molecule has 0 aliphatic rings. The van der Waals surface area contributed by atoms with Crippen LogP contribution in [0.15, 0.2) is 18.3 Å². The lowest BCUT2D eigenvalue weighted by Gasteiger charge is -2.17. The lowest BCUT2D eigenvalue weighted by Crippen LogP contribution is -2.43. The molecule has 1 aromatic heterocycles. The summed E-state index contributed by atoms with van der Waals surface area (Å²) in [4.78, 5) is 25.3. The summed E-state index contributed by atoms with van der Waals surface area (Å²) in [6, 6.07) is 0.950. The molecule has 0 aliphatic heterocycles. The Labute approximate surface area is 90.5 Å². The molecule has 86 valence electrons. The van der Waals surface area contributed by atoms with Crippen LogP contribution in [0.4, 0.5) is 21.1 Å². The van der Waals surface area contributed by atoms with E-state index in [-0.39, 0.29) is 11.5 Å². The van der Waals surface area contributed by atoms with Crippen molar-refractivity contribution in [2.24, 2.45) is 23.2 Å². The number of hydrogen-bond acceptors (Lipinski definition) is 5. The third-order valence-electron chi connectivity index (χ3n) is 1.73. The van der Waals surface area contributed by atoms with Gasteiger partial charge in [0.2, 0.25) is 0 Å². The molecular formula is C7H11N7O2. The van der Waals surface area contributed by atoms with Gasteiger partial charge in [0.1, 0.15) is 0 Å². The first-order valence-corrected chi connectivity index (χ1v) is 4.08. The zero-order valence-corrected chi connectivity index (χ0v) is 8.20. The highest BCUT2D eigenvalue weighted by Gasteiger charge is 2.12. The van der Waals surface area contributed by atoms with E-state index in [9.17, 15) is 9.59 Å². The minimum Gasteiger partial charge on any atom is -0.350 e. The molecule has 0 saturated heterocycles. The van der Waals surface area contributed by atoms with Crippen molar-refractivity contribution < 1.29 is 9.59 Å². The van der Waals surface area contributed by atoms with Gasteiger partial charge in [-0.3, -0.25) is 0 Å². The highest BCUT2D eigenvalue weighted by molar-refractivity contribution is 5.92. The molecule has 0 radical (unpaired) electrons. The number of aromatic nitrogens is 1. The van der Waals surface area contributed by atoms with Crippen molar-refractivity contribution in [3.63, 3.8) is 0 Å². The summed E-state index contributed by atoms with van der Waals surface area (Å²) in [7, 11) is 0. The molecule has 0 spiro atoms. The van der Waals surface area contributed by atoms with E-state index in [1.54, 1.807) is 0 Å². The molecule has 16 heavy (non-hydrogen) atoms. The van der Waals surface area contributed by atoms with Gasteiger partial charge in [0.05, 0.1) is 5.69 Å². The van der Waals surface area contributed by atoms with Gasteiger partial charge in [-0.15, -0.1) is 0 Å². The monoisotopic (exact) mass is 225 g/mol. The molecule has 0 aliphatic carbocycles. The van der Waals surface area contributed by atoms with E-state index in [0.29, 0.717) is 10.0 Å². The fraction of sp³-hybridized carbons (Fsp3) is 0. The fourth-order valence-corrected chi connectivity index (χ4v) is 0.929. The smallest absolute Gasteiger partial charge is 0.335 e. The zero-order valence-electron chi connectivity index (χ0n) is 8.20. The topological polar surface area (TPSA) is 158 Å². The fourth-order valence-electron chi connectivity index (χ4n) is 0.929. The number of primary amides is 2. The Morgan fingerprint density at radius 3 is 2.19 bits per heavy atom. The summed E-state index contributed by atoms with van der Waals surface area (Å²) in [5.41, 5.74) is 10.1. The number of urea groups is 2. The third kappa shape index (κ3) is 2.34. The second kappa shape index (κ2) is 4.42. The van der Waals surface area contributed by atoms with Crippen molar-refractivity contribution in [2.45, 2.75) is 0 Å². The normalized spacial score (nSPS) is 9.62. The lowest BCUT2D eigenvalue weighted by molar-refractivity contribution is 0.253. The Morgan fingerprint density at radius 1 is 1.12 bits per heavy atom. The average Bonchev–Trinajstić information content (AvgIpc) is 2.26. The summed E-state index contributed by atoms with van der Waals surface area (Å²) in [5, 5.41) is 1.29. The molecular weight excluding hydrogens is 214 g/mol. The van der Waals surface area contributed by atoms with Gasteiger partial charge in [-0.2, -0.15) is 0 Å². The predicted molar refractivity (Wildman–Crippen MR) is 56.7 cm³/mol. The van der Waals surface area contributed by atoms with Crippen LogP contribution < -0.4 is 33.2 Å². The molecule has 0 saturated carbocycles. The second-order valence-electron chi connectivity index (χ2n) is 2.79. The van der Waals surface area contributed by atoms with Gasteiger partial charge in [-0.25, -0.2) is 36.3 Å². The van der Waals surface area contributed by atoms with Gasteiger partial charge in [-0.05, 0) is 6.07 Å². The Bertz CT molecular complexity index is 386. The molecule has 0 atom stereocenters. The second-order valence-corrected chi connectivity index (χ2v) is 2.79. The van der Waals surface area contributed by atoms with Crippen LogP contribution in [0.5, 0.6) is 0 Å². The maximum absolute atomic E-state index is 10.8. The Kier molecular flexibility index (Phi) is 3.23. The average molecular weight is 225 g/mol. The Balaban J connectivity index is 3.04. The van der Waals surface area contributed by atoms with Crippen molar-refractivity contribution in [1.29, 1.82) is 0 Å². The van der Waals surface area contributed by atoms with Crippen LogP contribution in [0.25, 0.3) is 0 Å². The first kappa shape index (κ1) is 11.7. The van der Waals surface area contributed by atoms with E-state index >= 15 is 0 Å². The van der Waals surface area contributed by atoms with Crippen LogP contribution in [0, 0.1) is 0 Å². The summed E-state index contributed by atoms with van der Waals surface area (Å²) in [6.07, 6.45) is 1.30. The van der Waals surface area contributed by atoms with Gasteiger partial charge in [-0.1, -0.05) is 0 Å². The van der Waals surface area contributed by atoms with Crippen molar-refractivity contribution in [2.75, 3.05) is 10.0 Å². The maximum atomic E-state index is 10.8. The van der Waals surface area contributed by atoms with E-state index in [2.05, 4.69) is 4.98 Å². The van der Waals surface area contributed by atoms with Crippen LogP contribution in [0.2, 0.25) is 0 Å². The van der Waals surface area contributed by atoms with Crippen LogP contribution >= 0.6 is 0 Å². The van der Waals surface area contributed by atoms with Crippen LogP contribution in [0.3, 0.4) is 0 Å². The minimum absolute atomic E-state index is 0.0432. The van der Waals surface area contributed by atoms with Gasteiger partial charge in [0, 0.05) is 12.3 Å². The summed E-state index contributed by atoms with van der Waals surface area (Å²) < 4.78 is 0. The molecule has 0 unspecified atom stereocenters. The number of carbonyl (C=O) groups is 2. The Hall–Kier alpha value is -2.39. The zero-order chi connectivity index (χ0) is 12.3. The summed E-state index contributed by atoms with van der Waals surface area (Å²) in [6.45, 7) is 0. The first-order valence-electron chi connectivity index (χ1n) is 4.08. The molecule has 0 fully saturated rings. The Morgan fingerprint density at radius 2 is 1.69 bits per heavy atom. The summed E-state index contributed by atoms with van der Waals surface area (Å²) >= 11 is 0. The predicted octanol–water partition coefficient (Wildman–Crippen LogP) is -1.40. The highest BCUT2D eigenvalue weighted by Crippen LogP contribution is 2.16. The van der Waals surface area contributed by atoms with Crippen molar-refractivity contribution in [1.82, 2.24) is 4.98 Å². The number of amides is 4.